The molecule has 3 heterocycles. The van der Waals surface area contributed by atoms with E-state index in [-0.39, 0.29) is 5.91 Å². The molecule has 4 aromatic rings. The van der Waals surface area contributed by atoms with Crippen LogP contribution in [0.25, 0.3) is 16.9 Å². The van der Waals surface area contributed by atoms with Crippen LogP contribution in [0.4, 0.5) is 0 Å². The molecule has 7 heteroatoms. The minimum absolute atomic E-state index is 0.182. The molecule has 0 unspecified atom stereocenters. The SMILES string of the molecule is O=C(NCc1ccccc1CN1CCOCC1)c1cnn2c(-c3ccccc3)ccnc12. The van der Waals surface area contributed by atoms with Gasteiger partial charge in [0.05, 0.1) is 25.1 Å². The number of hydrogen-bond donors (Lipinski definition) is 1. The minimum Gasteiger partial charge on any atom is -0.379 e. The van der Waals surface area contributed by atoms with E-state index in [0.717, 1.165) is 49.7 Å². The van der Waals surface area contributed by atoms with Crippen molar-refractivity contribution in [3.63, 3.8) is 0 Å². The second-order valence-corrected chi connectivity index (χ2v) is 7.83. The molecule has 162 valence electrons. The zero-order chi connectivity index (χ0) is 21.8. The normalized spacial score (nSPS) is 14.5. The van der Waals surface area contributed by atoms with Crippen molar-refractivity contribution in [2.75, 3.05) is 26.3 Å². The molecule has 32 heavy (non-hydrogen) atoms. The molecule has 1 amide bonds. The van der Waals surface area contributed by atoms with Gasteiger partial charge in [-0.15, -0.1) is 0 Å². The summed E-state index contributed by atoms with van der Waals surface area (Å²) in [4.78, 5) is 19.8. The van der Waals surface area contributed by atoms with Crippen LogP contribution in [0.1, 0.15) is 21.5 Å². The van der Waals surface area contributed by atoms with Gasteiger partial charge in [-0.3, -0.25) is 9.69 Å². The fraction of sp³-hybridized carbons (Fsp3) is 0.240. The quantitative estimate of drug-likeness (QED) is 0.512. The number of benzene rings is 2. The first-order chi connectivity index (χ1) is 15.8. The predicted molar refractivity (Wildman–Crippen MR) is 122 cm³/mol. The van der Waals surface area contributed by atoms with Crippen LogP contribution in [0, 0.1) is 0 Å². The lowest BCUT2D eigenvalue weighted by molar-refractivity contribution is 0.0340. The molecule has 1 fully saturated rings. The second kappa shape index (κ2) is 9.30. The van der Waals surface area contributed by atoms with E-state index in [4.69, 9.17) is 4.74 Å². The summed E-state index contributed by atoms with van der Waals surface area (Å²) >= 11 is 0. The molecular formula is C25H25N5O2. The number of nitrogens with zero attached hydrogens (tertiary/aromatic N) is 4. The Kier molecular flexibility index (Phi) is 5.91. The summed E-state index contributed by atoms with van der Waals surface area (Å²) in [5.41, 5.74) is 5.26. The molecule has 0 spiro atoms. The molecule has 7 nitrogen and oxygen atoms in total. The smallest absolute Gasteiger partial charge is 0.257 e. The predicted octanol–water partition coefficient (Wildman–Crippen LogP) is 3.16. The Labute approximate surface area is 186 Å². The summed E-state index contributed by atoms with van der Waals surface area (Å²) in [5.74, 6) is -0.182. The second-order valence-electron chi connectivity index (χ2n) is 7.83. The van der Waals surface area contributed by atoms with Gasteiger partial charge in [0.1, 0.15) is 5.56 Å². The lowest BCUT2D eigenvalue weighted by Gasteiger charge is -2.27. The first kappa shape index (κ1) is 20.4. The van der Waals surface area contributed by atoms with Gasteiger partial charge in [0.15, 0.2) is 5.65 Å². The van der Waals surface area contributed by atoms with Gasteiger partial charge < -0.3 is 10.1 Å². The molecule has 0 saturated carbocycles. The van der Waals surface area contributed by atoms with Gasteiger partial charge in [-0.05, 0) is 17.2 Å². The third-order valence-corrected chi connectivity index (χ3v) is 5.77. The average molecular weight is 428 g/mol. The Bertz CT molecular complexity index is 1220. The van der Waals surface area contributed by atoms with E-state index in [1.54, 1.807) is 16.9 Å². The van der Waals surface area contributed by atoms with Gasteiger partial charge in [-0.25, -0.2) is 9.50 Å². The molecular weight excluding hydrogens is 402 g/mol. The number of hydrogen-bond acceptors (Lipinski definition) is 5. The lowest BCUT2D eigenvalue weighted by Crippen LogP contribution is -2.36. The maximum Gasteiger partial charge on any atom is 0.257 e. The summed E-state index contributed by atoms with van der Waals surface area (Å²) in [6.07, 6.45) is 3.30. The van der Waals surface area contributed by atoms with Crippen LogP contribution >= 0.6 is 0 Å². The third-order valence-electron chi connectivity index (χ3n) is 5.77. The van der Waals surface area contributed by atoms with Crippen LogP contribution in [0.15, 0.2) is 73.1 Å². The Morgan fingerprint density at radius 3 is 2.53 bits per heavy atom. The number of rotatable bonds is 6. The number of carbonyl (C=O) groups excluding carboxylic acids is 1. The molecule has 0 aliphatic carbocycles. The molecule has 2 aromatic carbocycles. The first-order valence-electron chi connectivity index (χ1n) is 10.8. The topological polar surface area (TPSA) is 71.8 Å². The maximum absolute atomic E-state index is 13.0. The highest BCUT2D eigenvalue weighted by molar-refractivity contribution is 5.99. The van der Waals surface area contributed by atoms with Crippen molar-refractivity contribution in [2.24, 2.45) is 0 Å². The molecule has 1 aliphatic rings. The highest BCUT2D eigenvalue weighted by Gasteiger charge is 2.17. The number of ether oxygens (including phenoxy) is 1. The Hall–Kier alpha value is -3.55. The van der Waals surface area contributed by atoms with Gasteiger partial charge in [0.2, 0.25) is 0 Å². The van der Waals surface area contributed by atoms with Gasteiger partial charge in [-0.1, -0.05) is 54.6 Å². The largest absolute Gasteiger partial charge is 0.379 e. The van der Waals surface area contributed by atoms with Crippen LogP contribution in [-0.2, 0) is 17.8 Å². The highest BCUT2D eigenvalue weighted by atomic mass is 16.5. The molecule has 0 atom stereocenters. The standard InChI is InChI=1S/C25H25N5O2/c31-25(27-16-20-8-4-5-9-21(20)18-29-12-14-32-15-13-29)22-17-28-30-23(10-11-26-24(22)30)19-6-2-1-3-7-19/h1-11,17H,12-16,18H2,(H,27,31). The molecule has 2 aromatic heterocycles. The van der Waals surface area contributed by atoms with Crippen LogP contribution in [0.3, 0.4) is 0 Å². The number of aromatic nitrogens is 3. The van der Waals surface area contributed by atoms with E-state index < -0.39 is 0 Å². The molecule has 1 saturated heterocycles. The zero-order valence-electron chi connectivity index (χ0n) is 17.8. The highest BCUT2D eigenvalue weighted by Crippen LogP contribution is 2.21. The number of nitrogens with one attached hydrogen (secondary N) is 1. The molecule has 1 aliphatic heterocycles. The number of carbonyl (C=O) groups is 1. The Morgan fingerprint density at radius 2 is 1.72 bits per heavy atom. The van der Waals surface area contributed by atoms with Gasteiger partial charge in [0.25, 0.3) is 5.91 Å². The van der Waals surface area contributed by atoms with Crippen molar-refractivity contribution >= 4 is 11.6 Å². The van der Waals surface area contributed by atoms with Crippen molar-refractivity contribution in [3.05, 3.63) is 89.7 Å². The van der Waals surface area contributed by atoms with Gasteiger partial charge in [-0.2, -0.15) is 5.10 Å². The lowest BCUT2D eigenvalue weighted by atomic mass is 10.1. The van der Waals surface area contributed by atoms with E-state index >= 15 is 0 Å². The maximum atomic E-state index is 13.0. The minimum atomic E-state index is -0.182. The summed E-state index contributed by atoms with van der Waals surface area (Å²) < 4.78 is 7.17. The third kappa shape index (κ3) is 4.26. The Morgan fingerprint density at radius 1 is 0.969 bits per heavy atom. The van der Waals surface area contributed by atoms with Crippen molar-refractivity contribution in [1.82, 2.24) is 24.8 Å². The van der Waals surface area contributed by atoms with Crippen molar-refractivity contribution in [2.45, 2.75) is 13.1 Å². The van der Waals surface area contributed by atoms with Crippen LogP contribution < -0.4 is 5.32 Å². The van der Waals surface area contributed by atoms with E-state index in [9.17, 15) is 4.79 Å². The fourth-order valence-corrected chi connectivity index (χ4v) is 4.03. The van der Waals surface area contributed by atoms with Crippen molar-refractivity contribution in [3.8, 4) is 11.3 Å². The van der Waals surface area contributed by atoms with E-state index in [1.807, 2.05) is 48.5 Å². The van der Waals surface area contributed by atoms with E-state index in [1.165, 1.54) is 5.56 Å². The van der Waals surface area contributed by atoms with E-state index in [0.29, 0.717) is 17.8 Å². The molecule has 0 bridgehead atoms. The Balaban J connectivity index is 1.33. The number of morpholine rings is 1. The van der Waals surface area contributed by atoms with Crippen LogP contribution in [0.5, 0.6) is 0 Å². The summed E-state index contributed by atoms with van der Waals surface area (Å²) in [6, 6.07) is 20.1. The van der Waals surface area contributed by atoms with Gasteiger partial charge >= 0.3 is 0 Å². The first-order valence-corrected chi connectivity index (χ1v) is 10.8. The van der Waals surface area contributed by atoms with Crippen molar-refractivity contribution < 1.29 is 9.53 Å². The summed E-state index contributed by atoms with van der Waals surface area (Å²) in [6.45, 7) is 4.71. The monoisotopic (exact) mass is 427 g/mol. The zero-order valence-corrected chi connectivity index (χ0v) is 17.8. The molecule has 5 rings (SSSR count). The number of fused-ring (bicyclic) bond motifs is 1. The van der Waals surface area contributed by atoms with E-state index in [2.05, 4.69) is 32.4 Å². The number of amides is 1. The van der Waals surface area contributed by atoms with Crippen molar-refractivity contribution in [1.29, 1.82) is 0 Å². The fourth-order valence-electron chi connectivity index (χ4n) is 4.03. The molecule has 0 radical (unpaired) electrons. The molecule has 1 N–H and O–H groups in total. The average Bonchev–Trinajstić information content (AvgIpc) is 3.29. The summed E-state index contributed by atoms with van der Waals surface area (Å²) in [7, 11) is 0. The van der Waals surface area contributed by atoms with Crippen LogP contribution in [0.2, 0.25) is 0 Å². The van der Waals surface area contributed by atoms with Crippen LogP contribution in [-0.4, -0.2) is 51.7 Å². The van der Waals surface area contributed by atoms with Gasteiger partial charge in [0, 0.05) is 37.9 Å². The summed E-state index contributed by atoms with van der Waals surface area (Å²) in [5, 5.41) is 7.50.